The van der Waals surface area contributed by atoms with Crippen LogP contribution in [-0.2, 0) is 4.79 Å². The molecule has 106 valence electrons. The van der Waals surface area contributed by atoms with Crippen molar-refractivity contribution in [3.05, 3.63) is 23.8 Å². The second kappa shape index (κ2) is 4.36. The minimum absolute atomic E-state index is 0.0794. The molecule has 1 unspecified atom stereocenters. The first-order valence-electron chi connectivity index (χ1n) is 6.11. The van der Waals surface area contributed by atoms with Gasteiger partial charge in [-0.2, -0.15) is 0 Å². The molecule has 6 nitrogen and oxygen atoms in total. The maximum absolute atomic E-state index is 13.9. The molecule has 0 aliphatic carbocycles. The number of ether oxygens (including phenoxy) is 2. The molecule has 20 heavy (non-hydrogen) atoms. The molecule has 0 saturated carbocycles. The van der Waals surface area contributed by atoms with Gasteiger partial charge in [-0.15, -0.1) is 0 Å². The van der Waals surface area contributed by atoms with E-state index in [0.717, 1.165) is 0 Å². The van der Waals surface area contributed by atoms with Gasteiger partial charge >= 0.3 is 5.97 Å². The largest absolute Gasteiger partial charge is 0.479 e. The quantitative estimate of drug-likeness (QED) is 0.877. The Kier molecular flexibility index (Phi) is 2.77. The van der Waals surface area contributed by atoms with Crippen molar-refractivity contribution in [3.63, 3.8) is 0 Å². The van der Waals surface area contributed by atoms with Crippen molar-refractivity contribution < 1.29 is 28.6 Å². The molecule has 0 spiro atoms. The Balaban J connectivity index is 1.79. The number of hydrogen-bond donors (Lipinski definition) is 1. The fourth-order valence-corrected chi connectivity index (χ4v) is 2.33. The number of carbonyl (C=O) groups is 2. The van der Waals surface area contributed by atoms with Gasteiger partial charge in [0.25, 0.3) is 5.91 Å². The van der Waals surface area contributed by atoms with Crippen molar-refractivity contribution in [2.24, 2.45) is 0 Å². The Morgan fingerprint density at radius 3 is 2.75 bits per heavy atom. The van der Waals surface area contributed by atoms with E-state index in [1.807, 2.05) is 0 Å². The second-order valence-electron chi connectivity index (χ2n) is 4.82. The van der Waals surface area contributed by atoms with Crippen LogP contribution in [0, 0.1) is 0 Å². The van der Waals surface area contributed by atoms with E-state index in [1.54, 1.807) is 12.1 Å². The lowest BCUT2D eigenvalue weighted by atomic mass is 10.1. The van der Waals surface area contributed by atoms with Crippen LogP contribution >= 0.6 is 0 Å². The zero-order valence-electron chi connectivity index (χ0n) is 10.5. The smallest absolute Gasteiger partial charge is 0.343 e. The van der Waals surface area contributed by atoms with E-state index >= 15 is 0 Å². The summed E-state index contributed by atoms with van der Waals surface area (Å²) in [5.74, 6) is -0.935. The topological polar surface area (TPSA) is 76.1 Å². The number of carboxylic acid groups (broad SMARTS) is 1. The molecule has 1 fully saturated rings. The van der Waals surface area contributed by atoms with Crippen LogP contribution in [0.1, 0.15) is 16.8 Å². The molecule has 1 amide bonds. The lowest BCUT2D eigenvalue weighted by Crippen LogP contribution is -2.38. The second-order valence-corrected chi connectivity index (χ2v) is 4.82. The zero-order chi connectivity index (χ0) is 14.3. The Hall–Kier alpha value is -2.31. The average Bonchev–Trinajstić information content (AvgIpc) is 3.04. The number of alkyl halides is 1. The Morgan fingerprint density at radius 1 is 1.30 bits per heavy atom. The van der Waals surface area contributed by atoms with Crippen LogP contribution in [0.3, 0.4) is 0 Å². The summed E-state index contributed by atoms with van der Waals surface area (Å²) in [6, 6.07) is 4.67. The van der Waals surface area contributed by atoms with Gasteiger partial charge in [0.15, 0.2) is 11.5 Å². The lowest BCUT2D eigenvalue weighted by Gasteiger charge is -2.17. The highest BCUT2D eigenvalue weighted by molar-refractivity contribution is 5.96. The minimum atomic E-state index is -2.36. The summed E-state index contributed by atoms with van der Waals surface area (Å²) in [5.41, 5.74) is -2.03. The molecule has 7 heteroatoms. The van der Waals surface area contributed by atoms with E-state index < -0.39 is 24.1 Å². The summed E-state index contributed by atoms with van der Waals surface area (Å²) in [6.45, 7) is -0.255. The van der Waals surface area contributed by atoms with Crippen LogP contribution in [0.15, 0.2) is 18.2 Å². The number of halogens is 1. The highest BCUT2D eigenvalue weighted by atomic mass is 19.1. The van der Waals surface area contributed by atoms with Crippen molar-refractivity contribution in [2.75, 3.05) is 19.9 Å². The van der Waals surface area contributed by atoms with Crippen molar-refractivity contribution in [2.45, 2.75) is 12.1 Å². The number of benzene rings is 1. The van der Waals surface area contributed by atoms with Crippen LogP contribution in [0.25, 0.3) is 0 Å². The molecule has 0 aromatic heterocycles. The first-order chi connectivity index (χ1) is 9.49. The Morgan fingerprint density at radius 2 is 2.05 bits per heavy atom. The Labute approximate surface area is 113 Å². The summed E-state index contributed by atoms with van der Waals surface area (Å²) in [7, 11) is 0. The van der Waals surface area contributed by atoms with Gasteiger partial charge < -0.3 is 19.5 Å². The molecular formula is C13H12FNO5. The zero-order valence-corrected chi connectivity index (χ0v) is 10.5. The van der Waals surface area contributed by atoms with Crippen LogP contribution in [0.2, 0.25) is 0 Å². The maximum Gasteiger partial charge on any atom is 0.343 e. The third kappa shape index (κ3) is 1.95. The van der Waals surface area contributed by atoms with Crippen LogP contribution < -0.4 is 9.47 Å². The van der Waals surface area contributed by atoms with E-state index in [2.05, 4.69) is 0 Å². The predicted octanol–water partition coefficient (Wildman–Crippen LogP) is 1.05. The van der Waals surface area contributed by atoms with Gasteiger partial charge in [-0.05, 0) is 18.2 Å². The third-order valence-corrected chi connectivity index (χ3v) is 3.51. The number of nitrogens with zero attached hydrogens (tertiary/aromatic N) is 1. The number of aliphatic carboxylic acids is 1. The fourth-order valence-electron chi connectivity index (χ4n) is 2.33. The predicted molar refractivity (Wildman–Crippen MR) is 64.6 cm³/mol. The maximum atomic E-state index is 13.9. The van der Waals surface area contributed by atoms with Crippen molar-refractivity contribution in [3.8, 4) is 11.5 Å². The first-order valence-corrected chi connectivity index (χ1v) is 6.11. The highest BCUT2D eigenvalue weighted by Crippen LogP contribution is 2.34. The summed E-state index contributed by atoms with van der Waals surface area (Å²) in [5, 5.41) is 8.82. The van der Waals surface area contributed by atoms with E-state index in [0.29, 0.717) is 17.1 Å². The van der Waals surface area contributed by atoms with Crippen LogP contribution in [0.4, 0.5) is 4.39 Å². The van der Waals surface area contributed by atoms with E-state index in [-0.39, 0.29) is 19.8 Å². The highest BCUT2D eigenvalue weighted by Gasteiger charge is 2.47. The van der Waals surface area contributed by atoms with E-state index in [1.165, 1.54) is 11.0 Å². The van der Waals surface area contributed by atoms with Crippen molar-refractivity contribution in [1.29, 1.82) is 0 Å². The van der Waals surface area contributed by atoms with Gasteiger partial charge in [0.2, 0.25) is 12.5 Å². The summed E-state index contributed by atoms with van der Waals surface area (Å²) < 4.78 is 24.3. The van der Waals surface area contributed by atoms with Crippen molar-refractivity contribution in [1.82, 2.24) is 4.90 Å². The fraction of sp³-hybridized carbons (Fsp3) is 0.385. The van der Waals surface area contributed by atoms with Gasteiger partial charge in [-0.3, -0.25) is 4.79 Å². The summed E-state index contributed by atoms with van der Waals surface area (Å²) >= 11 is 0. The normalized spacial score (nSPS) is 23.9. The molecule has 1 atom stereocenters. The monoisotopic (exact) mass is 281 g/mol. The summed E-state index contributed by atoms with van der Waals surface area (Å²) in [6.07, 6.45) is -0.196. The molecule has 3 rings (SSSR count). The lowest BCUT2D eigenvalue weighted by molar-refractivity contribution is -0.149. The van der Waals surface area contributed by atoms with Gasteiger partial charge in [0.05, 0.1) is 6.54 Å². The molecular weight excluding hydrogens is 269 g/mol. The third-order valence-electron chi connectivity index (χ3n) is 3.51. The molecule has 0 radical (unpaired) electrons. The number of amides is 1. The Bertz CT molecular complexity index is 590. The SMILES string of the molecule is O=C(c1ccc2c(c1)OCO2)N1CCC(F)(C(=O)O)C1. The van der Waals surface area contributed by atoms with Crippen LogP contribution in [0.5, 0.6) is 11.5 Å². The molecule has 1 saturated heterocycles. The van der Waals surface area contributed by atoms with Gasteiger partial charge in [-0.1, -0.05) is 0 Å². The molecule has 1 N–H and O–H groups in total. The number of likely N-dealkylation sites (tertiary alicyclic amines) is 1. The number of rotatable bonds is 2. The molecule has 1 aromatic rings. The number of carbonyl (C=O) groups excluding carboxylic acids is 1. The number of carboxylic acids is 1. The van der Waals surface area contributed by atoms with Gasteiger partial charge in [-0.25, -0.2) is 9.18 Å². The molecule has 0 bridgehead atoms. The summed E-state index contributed by atoms with van der Waals surface area (Å²) in [4.78, 5) is 24.3. The number of fused-ring (bicyclic) bond motifs is 1. The molecule has 2 heterocycles. The van der Waals surface area contributed by atoms with E-state index in [4.69, 9.17) is 14.6 Å². The first kappa shape index (κ1) is 12.7. The molecule has 2 aliphatic heterocycles. The van der Waals surface area contributed by atoms with Gasteiger partial charge in [0.1, 0.15) is 0 Å². The number of hydrogen-bond acceptors (Lipinski definition) is 4. The van der Waals surface area contributed by atoms with Crippen molar-refractivity contribution >= 4 is 11.9 Å². The minimum Gasteiger partial charge on any atom is -0.479 e. The van der Waals surface area contributed by atoms with Gasteiger partial charge in [0, 0.05) is 18.5 Å². The molecule has 2 aliphatic rings. The van der Waals surface area contributed by atoms with E-state index in [9.17, 15) is 14.0 Å². The van der Waals surface area contributed by atoms with Crippen LogP contribution in [-0.4, -0.2) is 47.4 Å². The standard InChI is InChI=1S/C13H12FNO5/c14-13(12(17)18)3-4-15(6-13)11(16)8-1-2-9-10(5-8)20-7-19-9/h1-2,5H,3-4,6-7H2,(H,17,18). The molecule has 1 aromatic carbocycles. The average molecular weight is 281 g/mol.